The minimum absolute atomic E-state index is 0.382. The van der Waals surface area contributed by atoms with E-state index >= 15 is 0 Å². The highest BCUT2D eigenvalue weighted by Crippen LogP contribution is 2.20. The van der Waals surface area contributed by atoms with Crippen LogP contribution in [0.2, 0.25) is 0 Å². The van der Waals surface area contributed by atoms with Crippen LogP contribution in [0.25, 0.3) is 11.0 Å². The van der Waals surface area contributed by atoms with Crippen molar-refractivity contribution < 1.29 is 19.4 Å². The molecular weight excluding hydrogens is 308 g/mol. The van der Waals surface area contributed by atoms with Gasteiger partial charge in [-0.15, -0.1) is 0 Å². The third-order valence-electron chi connectivity index (χ3n) is 3.90. The van der Waals surface area contributed by atoms with E-state index in [4.69, 9.17) is 9.15 Å². The highest BCUT2D eigenvalue weighted by molar-refractivity contribution is 5.77. The molecule has 1 aromatic carbocycles. The lowest BCUT2D eigenvalue weighted by Gasteiger charge is -2.24. The third-order valence-corrected chi connectivity index (χ3v) is 3.90. The molecule has 0 bridgehead atoms. The number of benzene rings is 1. The quantitative estimate of drug-likeness (QED) is 0.602. The summed E-state index contributed by atoms with van der Waals surface area (Å²) in [5, 5.41) is 20.4. The maximum Gasteiger partial charge on any atom is 0.336 e. The lowest BCUT2D eigenvalue weighted by atomic mass is 9.96. The summed E-state index contributed by atoms with van der Waals surface area (Å²) >= 11 is 0. The van der Waals surface area contributed by atoms with E-state index in [2.05, 4.69) is 0 Å². The summed E-state index contributed by atoms with van der Waals surface area (Å²) in [7, 11) is 0. The van der Waals surface area contributed by atoms with Gasteiger partial charge in [-0.3, -0.25) is 0 Å². The zero-order chi connectivity index (χ0) is 17.7. The Morgan fingerprint density at radius 2 is 2.04 bits per heavy atom. The van der Waals surface area contributed by atoms with E-state index in [1.807, 2.05) is 25.1 Å². The SMILES string of the molecule is CC(=CCOc1ccc2ccc(=O)oc2c1)CC[C@@H](O)C(C)(C)O. The van der Waals surface area contributed by atoms with E-state index in [1.54, 1.807) is 26.0 Å². The summed E-state index contributed by atoms with van der Waals surface area (Å²) in [6.07, 6.45) is 2.35. The van der Waals surface area contributed by atoms with Crippen molar-refractivity contribution >= 4 is 11.0 Å². The topological polar surface area (TPSA) is 79.9 Å². The molecule has 130 valence electrons. The highest BCUT2D eigenvalue weighted by atomic mass is 16.5. The van der Waals surface area contributed by atoms with E-state index < -0.39 is 11.7 Å². The Morgan fingerprint density at radius 1 is 1.33 bits per heavy atom. The minimum atomic E-state index is -1.09. The van der Waals surface area contributed by atoms with Gasteiger partial charge in [0.05, 0.1) is 11.7 Å². The molecule has 24 heavy (non-hydrogen) atoms. The molecule has 0 amide bonds. The number of ether oxygens (including phenoxy) is 1. The summed E-state index contributed by atoms with van der Waals surface area (Å²) in [5.41, 5.74) is 0.0894. The molecule has 0 spiro atoms. The molecule has 0 fully saturated rings. The van der Waals surface area contributed by atoms with Crippen LogP contribution in [-0.4, -0.2) is 28.5 Å². The maximum atomic E-state index is 11.2. The van der Waals surface area contributed by atoms with Crippen LogP contribution in [0.3, 0.4) is 0 Å². The van der Waals surface area contributed by atoms with Crippen molar-refractivity contribution in [3.8, 4) is 5.75 Å². The van der Waals surface area contributed by atoms with Crippen LogP contribution in [0, 0.1) is 0 Å². The molecule has 0 saturated carbocycles. The second kappa shape index (κ2) is 7.64. The second-order valence-electron chi connectivity index (χ2n) is 6.52. The van der Waals surface area contributed by atoms with Gasteiger partial charge in [0.2, 0.25) is 0 Å². The normalized spacial score (nSPS) is 14.0. The number of aliphatic hydroxyl groups excluding tert-OH is 1. The lowest BCUT2D eigenvalue weighted by Crippen LogP contribution is -2.35. The van der Waals surface area contributed by atoms with Crippen LogP contribution in [0.15, 0.2) is 51.2 Å². The van der Waals surface area contributed by atoms with Gasteiger partial charge in [0.25, 0.3) is 0 Å². The standard InChI is InChI=1S/C19H24O5/c1-13(4-8-17(20)19(2,3)22)10-11-23-15-7-5-14-6-9-18(21)24-16(14)12-15/h5-7,9-10,12,17,20,22H,4,8,11H2,1-3H3/t17-/m1/s1. The Bertz CT molecular complexity index is 767. The molecule has 0 aliphatic heterocycles. The van der Waals surface area contributed by atoms with Gasteiger partial charge in [-0.2, -0.15) is 0 Å². The number of allylic oxidation sites excluding steroid dienone is 1. The Labute approximate surface area is 141 Å². The summed E-state index contributed by atoms with van der Waals surface area (Å²) in [5.74, 6) is 0.623. The first-order chi connectivity index (χ1) is 11.3. The molecule has 1 atom stereocenters. The number of hydrogen-bond donors (Lipinski definition) is 2. The van der Waals surface area contributed by atoms with E-state index in [0.29, 0.717) is 30.8 Å². The average molecular weight is 332 g/mol. The zero-order valence-corrected chi connectivity index (χ0v) is 14.3. The molecule has 0 aliphatic rings. The van der Waals surface area contributed by atoms with Gasteiger partial charge >= 0.3 is 5.63 Å². The molecule has 1 heterocycles. The summed E-state index contributed by atoms with van der Waals surface area (Å²) in [6.45, 7) is 5.53. The van der Waals surface area contributed by atoms with Crippen molar-refractivity contribution in [1.82, 2.24) is 0 Å². The smallest absolute Gasteiger partial charge is 0.336 e. The van der Waals surface area contributed by atoms with E-state index in [0.717, 1.165) is 11.0 Å². The Morgan fingerprint density at radius 3 is 2.75 bits per heavy atom. The first-order valence-corrected chi connectivity index (χ1v) is 7.98. The predicted molar refractivity (Wildman–Crippen MR) is 93.3 cm³/mol. The van der Waals surface area contributed by atoms with Gasteiger partial charge in [-0.1, -0.05) is 5.57 Å². The Kier molecular flexibility index (Phi) is 5.80. The second-order valence-corrected chi connectivity index (χ2v) is 6.52. The Balaban J connectivity index is 1.90. The van der Waals surface area contributed by atoms with Crippen LogP contribution in [0.5, 0.6) is 5.75 Å². The largest absolute Gasteiger partial charge is 0.489 e. The Hall–Kier alpha value is -2.11. The van der Waals surface area contributed by atoms with Crippen LogP contribution in [0.1, 0.15) is 33.6 Å². The van der Waals surface area contributed by atoms with Gasteiger partial charge in [0, 0.05) is 17.5 Å². The van der Waals surface area contributed by atoms with Crippen LogP contribution < -0.4 is 10.4 Å². The first-order valence-electron chi connectivity index (χ1n) is 7.98. The van der Waals surface area contributed by atoms with Gasteiger partial charge in [-0.25, -0.2) is 4.79 Å². The van der Waals surface area contributed by atoms with Crippen molar-refractivity contribution in [2.45, 2.75) is 45.3 Å². The van der Waals surface area contributed by atoms with Gasteiger partial charge in [0.1, 0.15) is 17.9 Å². The molecule has 0 saturated heterocycles. The molecule has 1 aromatic heterocycles. The zero-order valence-electron chi connectivity index (χ0n) is 14.3. The minimum Gasteiger partial charge on any atom is -0.489 e. The monoisotopic (exact) mass is 332 g/mol. The fraction of sp³-hybridized carbons (Fsp3) is 0.421. The number of hydrogen-bond acceptors (Lipinski definition) is 5. The molecule has 0 radical (unpaired) electrons. The molecule has 0 unspecified atom stereocenters. The average Bonchev–Trinajstić information content (AvgIpc) is 2.51. The van der Waals surface area contributed by atoms with E-state index in [1.165, 1.54) is 6.07 Å². The van der Waals surface area contributed by atoms with Crippen molar-refractivity contribution in [3.63, 3.8) is 0 Å². The van der Waals surface area contributed by atoms with Gasteiger partial charge in [0.15, 0.2) is 0 Å². The van der Waals surface area contributed by atoms with Gasteiger partial charge in [-0.05, 0) is 57.9 Å². The fourth-order valence-corrected chi connectivity index (χ4v) is 2.23. The highest BCUT2D eigenvalue weighted by Gasteiger charge is 2.23. The molecule has 2 N–H and O–H groups in total. The van der Waals surface area contributed by atoms with Crippen molar-refractivity contribution in [2.75, 3.05) is 6.61 Å². The van der Waals surface area contributed by atoms with Crippen molar-refractivity contribution in [1.29, 1.82) is 0 Å². The maximum absolute atomic E-state index is 11.2. The predicted octanol–water partition coefficient (Wildman–Crippen LogP) is 3.03. The molecule has 0 aliphatic carbocycles. The van der Waals surface area contributed by atoms with E-state index in [9.17, 15) is 15.0 Å². The number of aliphatic hydroxyl groups is 2. The summed E-state index contributed by atoms with van der Waals surface area (Å²) in [6, 6.07) is 8.45. The summed E-state index contributed by atoms with van der Waals surface area (Å²) in [4.78, 5) is 11.2. The molecule has 5 nitrogen and oxygen atoms in total. The molecule has 2 rings (SSSR count). The number of fused-ring (bicyclic) bond motifs is 1. The van der Waals surface area contributed by atoms with Crippen LogP contribution >= 0.6 is 0 Å². The van der Waals surface area contributed by atoms with Crippen molar-refractivity contribution in [3.05, 3.63) is 52.4 Å². The van der Waals surface area contributed by atoms with Gasteiger partial charge < -0.3 is 19.4 Å². The van der Waals surface area contributed by atoms with Crippen LogP contribution in [-0.2, 0) is 0 Å². The van der Waals surface area contributed by atoms with E-state index in [-0.39, 0.29) is 5.63 Å². The van der Waals surface area contributed by atoms with Crippen molar-refractivity contribution in [2.24, 2.45) is 0 Å². The fourth-order valence-electron chi connectivity index (χ4n) is 2.23. The molecular formula is C19H24O5. The lowest BCUT2D eigenvalue weighted by molar-refractivity contribution is -0.0509. The first kappa shape index (κ1) is 18.2. The summed E-state index contributed by atoms with van der Waals surface area (Å²) < 4.78 is 10.8. The van der Waals surface area contributed by atoms with Crippen LogP contribution in [0.4, 0.5) is 0 Å². The molecule has 2 aromatic rings. The number of rotatable bonds is 7. The molecule has 5 heteroatoms. The third kappa shape index (κ3) is 5.22.